The summed E-state index contributed by atoms with van der Waals surface area (Å²) in [5.74, 6) is 0.297. The number of rotatable bonds is 6. The Labute approximate surface area is 148 Å². The first kappa shape index (κ1) is 16.8. The zero-order valence-corrected chi connectivity index (χ0v) is 14.1. The third-order valence-corrected chi connectivity index (χ3v) is 4.19. The van der Waals surface area contributed by atoms with E-state index in [1.807, 2.05) is 47.8 Å². The van der Waals surface area contributed by atoms with E-state index in [4.69, 9.17) is 4.52 Å². The molecule has 3 rings (SSSR count). The standard InChI is InChI=1S/C17H16N4O3S/c22-14(19-20-15(23)11-12-5-2-1-3-6-12)8-9-16-18-17(21-24-16)13-7-4-10-25-13/h1-7,10H,8-9,11H2,(H,19,22)(H,20,23). The molecule has 0 unspecified atom stereocenters. The average molecular weight is 356 g/mol. The Hall–Kier alpha value is -3.00. The molecular formula is C17H16N4O3S. The van der Waals surface area contributed by atoms with Crippen LogP contribution in [0.25, 0.3) is 10.7 Å². The van der Waals surface area contributed by atoms with Crippen LogP contribution >= 0.6 is 11.3 Å². The van der Waals surface area contributed by atoms with Crippen LogP contribution in [0.3, 0.4) is 0 Å². The summed E-state index contributed by atoms with van der Waals surface area (Å²) in [6, 6.07) is 13.1. The summed E-state index contributed by atoms with van der Waals surface area (Å²) >= 11 is 1.51. The quantitative estimate of drug-likeness (QED) is 0.660. The molecule has 2 N–H and O–H groups in total. The van der Waals surface area contributed by atoms with Crippen molar-refractivity contribution in [3.63, 3.8) is 0 Å². The number of hydrazine groups is 1. The van der Waals surface area contributed by atoms with Crippen LogP contribution in [0.1, 0.15) is 17.9 Å². The molecule has 0 aliphatic carbocycles. The monoisotopic (exact) mass is 356 g/mol. The Bertz CT molecular complexity index is 831. The molecule has 2 heterocycles. The number of amides is 2. The molecule has 1 aromatic carbocycles. The normalized spacial score (nSPS) is 10.4. The maximum absolute atomic E-state index is 11.8. The van der Waals surface area contributed by atoms with E-state index in [0.717, 1.165) is 10.4 Å². The molecule has 8 heteroatoms. The van der Waals surface area contributed by atoms with Gasteiger partial charge in [0.2, 0.25) is 23.5 Å². The molecule has 25 heavy (non-hydrogen) atoms. The van der Waals surface area contributed by atoms with Gasteiger partial charge in [0.15, 0.2) is 0 Å². The molecule has 2 amide bonds. The van der Waals surface area contributed by atoms with Crippen LogP contribution < -0.4 is 10.9 Å². The zero-order valence-electron chi connectivity index (χ0n) is 13.3. The second kappa shape index (κ2) is 8.20. The lowest BCUT2D eigenvalue weighted by Gasteiger charge is -2.06. The Balaban J connectivity index is 1.40. The van der Waals surface area contributed by atoms with Crippen molar-refractivity contribution in [3.05, 3.63) is 59.3 Å². The van der Waals surface area contributed by atoms with Crippen LogP contribution in [0.4, 0.5) is 0 Å². The summed E-state index contributed by atoms with van der Waals surface area (Å²) in [6.45, 7) is 0. The van der Waals surface area contributed by atoms with Gasteiger partial charge in [0.05, 0.1) is 11.3 Å². The molecule has 0 aliphatic rings. The predicted octanol–water partition coefficient (Wildman–Crippen LogP) is 2.12. The van der Waals surface area contributed by atoms with Crippen molar-refractivity contribution in [2.24, 2.45) is 0 Å². The van der Waals surface area contributed by atoms with E-state index in [-0.39, 0.29) is 24.7 Å². The Morgan fingerprint density at radius 2 is 1.84 bits per heavy atom. The molecule has 128 valence electrons. The summed E-state index contributed by atoms with van der Waals surface area (Å²) < 4.78 is 5.12. The highest BCUT2D eigenvalue weighted by Gasteiger charge is 2.12. The van der Waals surface area contributed by atoms with Gasteiger partial charge in [-0.15, -0.1) is 11.3 Å². The van der Waals surface area contributed by atoms with Crippen LogP contribution in [0.5, 0.6) is 0 Å². The lowest BCUT2D eigenvalue weighted by atomic mass is 10.1. The van der Waals surface area contributed by atoms with E-state index in [1.54, 1.807) is 0 Å². The minimum atomic E-state index is -0.322. The van der Waals surface area contributed by atoms with Crippen molar-refractivity contribution < 1.29 is 14.1 Å². The van der Waals surface area contributed by atoms with Gasteiger partial charge in [-0.25, -0.2) is 0 Å². The fourth-order valence-corrected chi connectivity index (χ4v) is 2.76. The van der Waals surface area contributed by atoms with Gasteiger partial charge >= 0.3 is 0 Å². The zero-order chi connectivity index (χ0) is 17.5. The second-order valence-corrected chi connectivity index (χ2v) is 6.20. The third kappa shape index (κ3) is 4.98. The molecule has 0 bridgehead atoms. The number of hydrogen-bond acceptors (Lipinski definition) is 6. The van der Waals surface area contributed by atoms with Crippen molar-refractivity contribution in [2.75, 3.05) is 0 Å². The third-order valence-electron chi connectivity index (χ3n) is 3.32. The van der Waals surface area contributed by atoms with E-state index in [2.05, 4.69) is 21.0 Å². The molecule has 3 aromatic rings. The molecule has 2 aromatic heterocycles. The predicted molar refractivity (Wildman–Crippen MR) is 92.4 cm³/mol. The maximum Gasteiger partial charge on any atom is 0.242 e. The molecule has 0 aliphatic heterocycles. The Morgan fingerprint density at radius 3 is 2.60 bits per heavy atom. The van der Waals surface area contributed by atoms with Crippen molar-refractivity contribution in [3.8, 4) is 10.7 Å². The molecular weight excluding hydrogens is 340 g/mol. The van der Waals surface area contributed by atoms with Gasteiger partial charge in [-0.1, -0.05) is 41.6 Å². The van der Waals surface area contributed by atoms with Crippen LogP contribution in [-0.2, 0) is 22.4 Å². The molecule has 0 atom stereocenters. The number of carbonyl (C=O) groups excluding carboxylic acids is 2. The summed E-state index contributed by atoms with van der Waals surface area (Å²) in [7, 11) is 0. The summed E-state index contributed by atoms with van der Waals surface area (Å²) in [4.78, 5) is 28.7. The Kier molecular flexibility index (Phi) is 5.53. The lowest BCUT2D eigenvalue weighted by Crippen LogP contribution is -2.42. The SMILES string of the molecule is O=C(CCc1nc(-c2cccs2)no1)NNC(=O)Cc1ccccc1. The fraction of sp³-hybridized carbons (Fsp3) is 0.176. The summed E-state index contributed by atoms with van der Waals surface area (Å²) in [6.07, 6.45) is 0.644. The number of nitrogens with zero attached hydrogens (tertiary/aromatic N) is 2. The average Bonchev–Trinajstić information content (AvgIpc) is 3.30. The largest absolute Gasteiger partial charge is 0.339 e. The first-order valence-electron chi connectivity index (χ1n) is 7.69. The second-order valence-electron chi connectivity index (χ2n) is 5.25. The van der Waals surface area contributed by atoms with Gasteiger partial charge < -0.3 is 4.52 Å². The topological polar surface area (TPSA) is 97.1 Å². The van der Waals surface area contributed by atoms with Crippen molar-refractivity contribution in [1.29, 1.82) is 0 Å². The highest BCUT2D eigenvalue weighted by molar-refractivity contribution is 7.13. The van der Waals surface area contributed by atoms with Gasteiger partial charge in [-0.05, 0) is 17.0 Å². The molecule has 0 fully saturated rings. The number of nitrogens with one attached hydrogen (secondary N) is 2. The van der Waals surface area contributed by atoms with Gasteiger partial charge in [0.1, 0.15) is 0 Å². The van der Waals surface area contributed by atoms with E-state index in [1.165, 1.54) is 11.3 Å². The summed E-state index contributed by atoms with van der Waals surface area (Å²) in [5.41, 5.74) is 5.65. The number of benzene rings is 1. The van der Waals surface area contributed by atoms with E-state index >= 15 is 0 Å². The minimum absolute atomic E-state index is 0.137. The fourth-order valence-electron chi connectivity index (χ4n) is 2.11. The van der Waals surface area contributed by atoms with Crippen molar-refractivity contribution >= 4 is 23.2 Å². The van der Waals surface area contributed by atoms with Gasteiger partial charge in [-0.2, -0.15) is 4.98 Å². The van der Waals surface area contributed by atoms with E-state index in [9.17, 15) is 9.59 Å². The minimum Gasteiger partial charge on any atom is -0.339 e. The van der Waals surface area contributed by atoms with Crippen molar-refractivity contribution in [1.82, 2.24) is 21.0 Å². The van der Waals surface area contributed by atoms with E-state index in [0.29, 0.717) is 18.1 Å². The van der Waals surface area contributed by atoms with Gasteiger partial charge in [0.25, 0.3) is 0 Å². The highest BCUT2D eigenvalue weighted by atomic mass is 32.1. The van der Waals surface area contributed by atoms with Crippen LogP contribution in [0.2, 0.25) is 0 Å². The first-order chi connectivity index (χ1) is 12.2. The van der Waals surface area contributed by atoms with Crippen molar-refractivity contribution in [2.45, 2.75) is 19.3 Å². The smallest absolute Gasteiger partial charge is 0.242 e. The Morgan fingerprint density at radius 1 is 1.04 bits per heavy atom. The molecule has 0 saturated carbocycles. The first-order valence-corrected chi connectivity index (χ1v) is 8.57. The summed E-state index contributed by atoms with van der Waals surface area (Å²) in [5, 5.41) is 5.81. The van der Waals surface area contributed by atoms with Gasteiger partial charge in [0, 0.05) is 12.8 Å². The highest BCUT2D eigenvalue weighted by Crippen LogP contribution is 2.21. The number of carbonyl (C=O) groups is 2. The maximum atomic E-state index is 11.8. The molecule has 0 radical (unpaired) electrons. The number of thiophene rings is 1. The molecule has 0 spiro atoms. The van der Waals surface area contributed by atoms with Gasteiger partial charge in [-0.3, -0.25) is 20.4 Å². The molecule has 7 nitrogen and oxygen atoms in total. The number of aryl methyl sites for hydroxylation is 1. The van der Waals surface area contributed by atoms with Crippen LogP contribution in [0.15, 0.2) is 52.4 Å². The molecule has 0 saturated heterocycles. The number of aromatic nitrogens is 2. The lowest BCUT2D eigenvalue weighted by molar-refractivity contribution is -0.128. The number of hydrogen-bond donors (Lipinski definition) is 2. The van der Waals surface area contributed by atoms with E-state index < -0.39 is 0 Å². The van der Waals surface area contributed by atoms with Crippen LogP contribution in [-0.4, -0.2) is 22.0 Å². The van der Waals surface area contributed by atoms with Crippen LogP contribution in [0, 0.1) is 0 Å².